The topological polar surface area (TPSA) is 68.3 Å². The Morgan fingerprint density at radius 1 is 1.47 bits per heavy atom. The van der Waals surface area contributed by atoms with E-state index in [0.29, 0.717) is 24.5 Å². The molecule has 4 heteroatoms. The summed E-state index contributed by atoms with van der Waals surface area (Å²) in [6.45, 7) is 7.02. The zero-order valence-electron chi connectivity index (χ0n) is 10.6. The van der Waals surface area contributed by atoms with Gasteiger partial charge in [-0.25, -0.2) is 0 Å². The Labute approximate surface area is 102 Å². The molecule has 0 aliphatic rings. The maximum atomic E-state index is 7.52. The summed E-state index contributed by atoms with van der Waals surface area (Å²) in [5.41, 5.74) is 7.14. The van der Waals surface area contributed by atoms with E-state index in [1.54, 1.807) is 6.07 Å². The number of nitrogens with one attached hydrogen (secondary N) is 1. The van der Waals surface area contributed by atoms with E-state index in [1.165, 1.54) is 0 Å². The van der Waals surface area contributed by atoms with Gasteiger partial charge in [-0.05, 0) is 32.4 Å². The van der Waals surface area contributed by atoms with Crippen molar-refractivity contribution in [3.63, 3.8) is 0 Å². The normalized spacial score (nSPS) is 12.2. The predicted octanol–water partition coefficient (Wildman–Crippen LogP) is 2.08. The molecular weight excluding hydrogens is 216 g/mol. The molecule has 94 valence electrons. The molecule has 0 aliphatic carbocycles. The minimum Gasteiger partial charge on any atom is -0.487 e. The van der Waals surface area contributed by atoms with Crippen LogP contribution in [-0.4, -0.2) is 25.2 Å². The molecule has 0 aromatic heterocycles. The maximum Gasteiger partial charge on any atom is 0.133 e. The lowest BCUT2D eigenvalue weighted by atomic mass is 10.1. The van der Waals surface area contributed by atoms with Crippen LogP contribution in [0.25, 0.3) is 0 Å². The Morgan fingerprint density at radius 3 is 2.76 bits per heavy atom. The standard InChI is InChI=1S/C13H20N2O2/c1-4-16-8-10(3)17-12-9(2)6-5-7-11(12)13(14)15/h5-7,10H,4,8H2,1-3H3,(H3,14,15). The second kappa shape index (κ2) is 6.25. The number of para-hydroxylation sites is 1. The Kier molecular flexibility index (Phi) is 4.97. The largest absolute Gasteiger partial charge is 0.487 e. The van der Waals surface area contributed by atoms with Gasteiger partial charge in [0.2, 0.25) is 0 Å². The molecule has 0 heterocycles. The molecule has 4 nitrogen and oxygen atoms in total. The first-order valence-electron chi connectivity index (χ1n) is 5.74. The van der Waals surface area contributed by atoms with Gasteiger partial charge in [-0.15, -0.1) is 0 Å². The number of hydrogen-bond acceptors (Lipinski definition) is 3. The number of amidine groups is 1. The Bertz CT molecular complexity index is 391. The van der Waals surface area contributed by atoms with Crippen molar-refractivity contribution < 1.29 is 9.47 Å². The molecule has 1 aromatic carbocycles. The van der Waals surface area contributed by atoms with Crippen molar-refractivity contribution in [2.45, 2.75) is 26.9 Å². The van der Waals surface area contributed by atoms with Gasteiger partial charge in [-0.2, -0.15) is 0 Å². The smallest absolute Gasteiger partial charge is 0.133 e. The van der Waals surface area contributed by atoms with Gasteiger partial charge in [0.05, 0.1) is 12.2 Å². The summed E-state index contributed by atoms with van der Waals surface area (Å²) < 4.78 is 11.1. The molecule has 0 saturated carbocycles. The van der Waals surface area contributed by atoms with Crippen molar-refractivity contribution in [2.24, 2.45) is 5.73 Å². The van der Waals surface area contributed by atoms with Crippen molar-refractivity contribution >= 4 is 5.84 Å². The quantitative estimate of drug-likeness (QED) is 0.587. The van der Waals surface area contributed by atoms with E-state index in [9.17, 15) is 0 Å². The van der Waals surface area contributed by atoms with Crippen LogP contribution in [-0.2, 0) is 4.74 Å². The van der Waals surface area contributed by atoms with Crippen LogP contribution in [0.4, 0.5) is 0 Å². The summed E-state index contributed by atoms with van der Waals surface area (Å²) in [4.78, 5) is 0. The van der Waals surface area contributed by atoms with Crippen LogP contribution < -0.4 is 10.5 Å². The van der Waals surface area contributed by atoms with E-state index in [2.05, 4.69) is 0 Å². The molecule has 0 radical (unpaired) electrons. The third-order valence-electron chi connectivity index (χ3n) is 2.38. The van der Waals surface area contributed by atoms with E-state index in [0.717, 1.165) is 5.56 Å². The summed E-state index contributed by atoms with van der Waals surface area (Å²) in [6, 6.07) is 5.60. The Balaban J connectivity index is 2.85. The van der Waals surface area contributed by atoms with E-state index in [4.69, 9.17) is 20.6 Å². The van der Waals surface area contributed by atoms with Gasteiger partial charge in [-0.1, -0.05) is 12.1 Å². The monoisotopic (exact) mass is 236 g/mol. The molecule has 0 fully saturated rings. The summed E-state index contributed by atoms with van der Waals surface area (Å²) in [6.07, 6.45) is -0.0610. The van der Waals surface area contributed by atoms with Gasteiger partial charge in [0.1, 0.15) is 17.7 Å². The average Bonchev–Trinajstić information content (AvgIpc) is 2.28. The molecule has 0 bridgehead atoms. The fourth-order valence-electron chi connectivity index (χ4n) is 1.54. The fraction of sp³-hybridized carbons (Fsp3) is 0.462. The highest BCUT2D eigenvalue weighted by atomic mass is 16.5. The van der Waals surface area contributed by atoms with Gasteiger partial charge in [0.15, 0.2) is 0 Å². The average molecular weight is 236 g/mol. The fourth-order valence-corrected chi connectivity index (χ4v) is 1.54. The van der Waals surface area contributed by atoms with Gasteiger partial charge >= 0.3 is 0 Å². The van der Waals surface area contributed by atoms with Crippen LogP contribution in [0.15, 0.2) is 18.2 Å². The summed E-state index contributed by atoms with van der Waals surface area (Å²) in [7, 11) is 0. The lowest BCUT2D eigenvalue weighted by Crippen LogP contribution is -2.22. The number of aryl methyl sites for hydroxylation is 1. The number of nitrogen functional groups attached to an aromatic ring is 1. The number of nitrogens with two attached hydrogens (primary N) is 1. The molecule has 1 aromatic rings. The Morgan fingerprint density at radius 2 is 2.18 bits per heavy atom. The zero-order valence-corrected chi connectivity index (χ0v) is 10.6. The molecule has 1 rings (SSSR count). The first-order chi connectivity index (χ1) is 8.06. The van der Waals surface area contributed by atoms with Gasteiger partial charge < -0.3 is 15.2 Å². The van der Waals surface area contributed by atoms with E-state index >= 15 is 0 Å². The first kappa shape index (κ1) is 13.5. The van der Waals surface area contributed by atoms with Crippen molar-refractivity contribution in [3.8, 4) is 5.75 Å². The number of benzene rings is 1. The third kappa shape index (κ3) is 3.75. The van der Waals surface area contributed by atoms with Gasteiger partial charge in [-0.3, -0.25) is 5.41 Å². The molecule has 17 heavy (non-hydrogen) atoms. The predicted molar refractivity (Wildman–Crippen MR) is 68.8 cm³/mol. The van der Waals surface area contributed by atoms with Crippen LogP contribution >= 0.6 is 0 Å². The van der Waals surface area contributed by atoms with Crippen molar-refractivity contribution in [2.75, 3.05) is 13.2 Å². The number of rotatable bonds is 6. The third-order valence-corrected chi connectivity index (χ3v) is 2.38. The molecule has 0 saturated heterocycles. The molecule has 0 amide bonds. The molecule has 3 N–H and O–H groups in total. The molecule has 0 aliphatic heterocycles. The highest BCUT2D eigenvalue weighted by Crippen LogP contribution is 2.24. The van der Waals surface area contributed by atoms with Crippen LogP contribution in [0, 0.1) is 12.3 Å². The SMILES string of the molecule is CCOCC(C)Oc1c(C)cccc1C(=N)N. The zero-order chi connectivity index (χ0) is 12.8. The molecular formula is C13H20N2O2. The van der Waals surface area contributed by atoms with Crippen molar-refractivity contribution in [1.29, 1.82) is 5.41 Å². The summed E-state index contributed by atoms with van der Waals surface area (Å²) in [5.74, 6) is 0.694. The second-order valence-corrected chi connectivity index (χ2v) is 3.95. The maximum absolute atomic E-state index is 7.52. The first-order valence-corrected chi connectivity index (χ1v) is 5.74. The van der Waals surface area contributed by atoms with E-state index < -0.39 is 0 Å². The number of ether oxygens (including phenoxy) is 2. The van der Waals surface area contributed by atoms with E-state index in [-0.39, 0.29) is 11.9 Å². The molecule has 1 unspecified atom stereocenters. The van der Waals surface area contributed by atoms with Crippen LogP contribution in [0.5, 0.6) is 5.75 Å². The second-order valence-electron chi connectivity index (χ2n) is 3.95. The van der Waals surface area contributed by atoms with E-state index in [1.807, 2.05) is 32.9 Å². The lowest BCUT2D eigenvalue weighted by molar-refractivity contribution is 0.0653. The van der Waals surface area contributed by atoms with Crippen molar-refractivity contribution in [1.82, 2.24) is 0 Å². The van der Waals surface area contributed by atoms with Crippen LogP contribution in [0.2, 0.25) is 0 Å². The van der Waals surface area contributed by atoms with Gasteiger partial charge in [0, 0.05) is 6.61 Å². The summed E-state index contributed by atoms with van der Waals surface area (Å²) >= 11 is 0. The van der Waals surface area contributed by atoms with Gasteiger partial charge in [0.25, 0.3) is 0 Å². The highest BCUT2D eigenvalue weighted by Gasteiger charge is 2.12. The van der Waals surface area contributed by atoms with Crippen molar-refractivity contribution in [3.05, 3.63) is 29.3 Å². The highest BCUT2D eigenvalue weighted by molar-refractivity contribution is 5.98. The van der Waals surface area contributed by atoms with Crippen LogP contribution in [0.3, 0.4) is 0 Å². The summed E-state index contributed by atoms with van der Waals surface area (Å²) in [5, 5.41) is 7.52. The Hall–Kier alpha value is -1.55. The van der Waals surface area contributed by atoms with Crippen LogP contribution in [0.1, 0.15) is 25.0 Å². The number of hydrogen-bond donors (Lipinski definition) is 2. The molecule has 0 spiro atoms. The minimum absolute atomic E-state index is 0.0207. The lowest BCUT2D eigenvalue weighted by Gasteiger charge is -2.18. The minimum atomic E-state index is -0.0610. The molecule has 1 atom stereocenters.